The fourth-order valence-electron chi connectivity index (χ4n) is 1.80. The average Bonchev–Trinajstić information content (AvgIpc) is 2.23. The number of aliphatic hydroxyl groups excluding tert-OH is 1. The Morgan fingerprint density at radius 3 is 2.82 bits per heavy atom. The summed E-state index contributed by atoms with van der Waals surface area (Å²) in [6.07, 6.45) is 2.44. The topological polar surface area (TPSA) is 105 Å². The maximum absolute atomic E-state index is 11.9. The van der Waals surface area contributed by atoms with Crippen molar-refractivity contribution in [2.24, 2.45) is 5.92 Å². The Morgan fingerprint density at radius 1 is 1.53 bits per heavy atom. The number of aliphatic hydroxyl groups is 1. The molecule has 2 rings (SSSR count). The lowest BCUT2D eigenvalue weighted by Crippen LogP contribution is -2.38. The largest absolute Gasteiger partial charge is 0.393 e. The molecule has 1 aromatic rings. The number of nitrogen functional groups attached to an aromatic ring is 1. The first kappa shape index (κ1) is 12.3. The molecular formula is C10H15N3O3S. The summed E-state index contributed by atoms with van der Waals surface area (Å²) in [6.45, 7) is 0.327. The minimum atomic E-state index is -3.60. The molecule has 0 bridgehead atoms. The van der Waals surface area contributed by atoms with E-state index in [2.05, 4.69) is 9.71 Å². The number of nitrogens with two attached hydrogens (primary N) is 1. The van der Waals surface area contributed by atoms with Gasteiger partial charge in [0.1, 0.15) is 10.7 Å². The van der Waals surface area contributed by atoms with Crippen LogP contribution in [0.5, 0.6) is 0 Å². The van der Waals surface area contributed by atoms with E-state index in [0.717, 1.165) is 0 Å². The van der Waals surface area contributed by atoms with Crippen molar-refractivity contribution < 1.29 is 13.5 Å². The van der Waals surface area contributed by atoms with E-state index in [4.69, 9.17) is 10.8 Å². The predicted molar refractivity (Wildman–Crippen MR) is 62.6 cm³/mol. The molecule has 1 heterocycles. The molecule has 1 saturated carbocycles. The first-order valence-electron chi connectivity index (χ1n) is 5.37. The molecule has 94 valence electrons. The number of anilines is 1. The van der Waals surface area contributed by atoms with Crippen molar-refractivity contribution in [3.63, 3.8) is 0 Å². The Bertz CT molecular complexity index is 497. The van der Waals surface area contributed by atoms with Crippen molar-refractivity contribution in [1.82, 2.24) is 9.71 Å². The van der Waals surface area contributed by atoms with E-state index >= 15 is 0 Å². The summed E-state index contributed by atoms with van der Waals surface area (Å²) < 4.78 is 26.3. The molecule has 0 aromatic carbocycles. The molecule has 0 unspecified atom stereocenters. The first-order valence-corrected chi connectivity index (χ1v) is 6.85. The van der Waals surface area contributed by atoms with Crippen molar-refractivity contribution in [1.29, 1.82) is 0 Å². The van der Waals surface area contributed by atoms with Crippen molar-refractivity contribution >= 4 is 15.8 Å². The molecule has 0 atom stereocenters. The van der Waals surface area contributed by atoms with Gasteiger partial charge in [0.2, 0.25) is 10.0 Å². The van der Waals surface area contributed by atoms with E-state index in [0.29, 0.717) is 19.4 Å². The normalized spacial score (nSPS) is 24.3. The smallest absolute Gasteiger partial charge is 0.244 e. The van der Waals surface area contributed by atoms with Crippen LogP contribution in [-0.4, -0.2) is 31.2 Å². The third-order valence-corrected chi connectivity index (χ3v) is 4.33. The quantitative estimate of drug-likeness (QED) is 0.687. The van der Waals surface area contributed by atoms with Gasteiger partial charge >= 0.3 is 0 Å². The highest BCUT2D eigenvalue weighted by atomic mass is 32.2. The van der Waals surface area contributed by atoms with E-state index < -0.39 is 10.0 Å². The van der Waals surface area contributed by atoms with Gasteiger partial charge in [-0.15, -0.1) is 0 Å². The van der Waals surface area contributed by atoms with Crippen LogP contribution >= 0.6 is 0 Å². The van der Waals surface area contributed by atoms with E-state index in [1.807, 2.05) is 0 Å². The number of sulfonamides is 1. The minimum Gasteiger partial charge on any atom is -0.393 e. The second-order valence-corrected chi connectivity index (χ2v) is 5.97. The minimum absolute atomic E-state index is 0.000119. The molecule has 1 aliphatic carbocycles. The van der Waals surface area contributed by atoms with Gasteiger partial charge in [0, 0.05) is 12.7 Å². The van der Waals surface area contributed by atoms with Crippen molar-refractivity contribution in [3.05, 3.63) is 18.3 Å². The van der Waals surface area contributed by atoms with Crippen molar-refractivity contribution in [2.75, 3.05) is 12.3 Å². The van der Waals surface area contributed by atoms with Crippen molar-refractivity contribution in [2.45, 2.75) is 23.8 Å². The summed E-state index contributed by atoms with van der Waals surface area (Å²) in [4.78, 5) is 3.74. The Balaban J connectivity index is 2.02. The molecule has 6 nitrogen and oxygen atoms in total. The molecule has 17 heavy (non-hydrogen) atoms. The fraction of sp³-hybridized carbons (Fsp3) is 0.500. The van der Waals surface area contributed by atoms with Crippen LogP contribution in [0.4, 0.5) is 5.82 Å². The number of hydrogen-bond acceptors (Lipinski definition) is 5. The zero-order valence-electron chi connectivity index (χ0n) is 9.20. The Kier molecular flexibility index (Phi) is 3.32. The Hall–Kier alpha value is -1.18. The van der Waals surface area contributed by atoms with Crippen LogP contribution < -0.4 is 10.5 Å². The molecule has 4 N–H and O–H groups in total. The summed E-state index contributed by atoms with van der Waals surface area (Å²) in [7, 11) is -3.60. The molecule has 1 fully saturated rings. The van der Waals surface area contributed by atoms with E-state index in [9.17, 15) is 8.42 Å². The zero-order chi connectivity index (χ0) is 12.5. The second-order valence-electron chi connectivity index (χ2n) is 4.23. The maximum Gasteiger partial charge on any atom is 0.244 e. The van der Waals surface area contributed by atoms with Gasteiger partial charge in [0.05, 0.1) is 6.10 Å². The van der Waals surface area contributed by atoms with Gasteiger partial charge in [-0.05, 0) is 30.9 Å². The van der Waals surface area contributed by atoms with E-state index in [1.54, 1.807) is 0 Å². The average molecular weight is 257 g/mol. The number of hydrogen-bond donors (Lipinski definition) is 3. The Labute approximate surface area is 99.9 Å². The summed E-state index contributed by atoms with van der Waals surface area (Å²) in [5, 5.41) is 9.10. The molecule has 0 amide bonds. The summed E-state index contributed by atoms with van der Waals surface area (Å²) in [5.41, 5.74) is 5.51. The predicted octanol–water partition coefficient (Wildman–Crippen LogP) is -0.287. The lowest BCUT2D eigenvalue weighted by molar-refractivity contribution is 0.0453. The van der Waals surface area contributed by atoms with Gasteiger partial charge in [-0.3, -0.25) is 0 Å². The lowest BCUT2D eigenvalue weighted by Gasteiger charge is -2.31. The van der Waals surface area contributed by atoms with Crippen molar-refractivity contribution in [3.8, 4) is 0 Å². The zero-order valence-corrected chi connectivity index (χ0v) is 10.0. The molecule has 1 aromatic heterocycles. The van der Waals surface area contributed by atoms with Gasteiger partial charge in [0.25, 0.3) is 0 Å². The van der Waals surface area contributed by atoms with E-state index in [-0.39, 0.29) is 22.7 Å². The summed E-state index contributed by atoms with van der Waals surface area (Å²) in [5.74, 6) is 0.200. The summed E-state index contributed by atoms with van der Waals surface area (Å²) in [6, 6.07) is 2.94. The number of nitrogens with zero attached hydrogens (tertiary/aromatic N) is 1. The SMILES string of the molecule is Nc1ncccc1S(=O)(=O)NCC1CC(O)C1. The van der Waals surface area contributed by atoms with Gasteiger partial charge in [-0.2, -0.15) is 0 Å². The third kappa shape index (κ3) is 2.74. The van der Waals surface area contributed by atoms with Gasteiger partial charge in [-0.25, -0.2) is 18.1 Å². The molecule has 0 radical (unpaired) electrons. The van der Waals surface area contributed by atoms with Gasteiger partial charge < -0.3 is 10.8 Å². The number of rotatable bonds is 4. The second kappa shape index (κ2) is 4.59. The fourth-order valence-corrected chi connectivity index (χ4v) is 3.00. The molecular weight excluding hydrogens is 242 g/mol. The highest BCUT2D eigenvalue weighted by Gasteiger charge is 2.28. The van der Waals surface area contributed by atoms with E-state index in [1.165, 1.54) is 18.3 Å². The first-order chi connectivity index (χ1) is 7.99. The lowest BCUT2D eigenvalue weighted by atomic mass is 9.83. The molecule has 0 spiro atoms. The van der Waals surface area contributed by atoms with Crippen LogP contribution in [0.25, 0.3) is 0 Å². The van der Waals surface area contributed by atoms with Gasteiger partial charge in [0.15, 0.2) is 0 Å². The summed E-state index contributed by atoms with van der Waals surface area (Å²) >= 11 is 0. The monoisotopic (exact) mass is 257 g/mol. The maximum atomic E-state index is 11.9. The molecule has 0 aliphatic heterocycles. The van der Waals surface area contributed by atoms with Crippen LogP contribution in [0.1, 0.15) is 12.8 Å². The third-order valence-electron chi connectivity index (χ3n) is 2.86. The highest BCUT2D eigenvalue weighted by molar-refractivity contribution is 7.89. The van der Waals surface area contributed by atoms with Crippen LogP contribution in [0.2, 0.25) is 0 Å². The molecule has 0 saturated heterocycles. The van der Waals surface area contributed by atoms with Crippen LogP contribution in [-0.2, 0) is 10.0 Å². The number of pyridine rings is 1. The van der Waals surface area contributed by atoms with Gasteiger partial charge in [-0.1, -0.05) is 0 Å². The van der Waals surface area contributed by atoms with Crippen LogP contribution in [0.15, 0.2) is 23.2 Å². The standard InChI is InChI=1S/C10H15N3O3S/c11-10-9(2-1-3-12-10)17(15,16)13-6-7-4-8(14)5-7/h1-3,7-8,13-14H,4-6H2,(H2,11,12). The number of aromatic nitrogens is 1. The highest BCUT2D eigenvalue weighted by Crippen LogP contribution is 2.26. The Morgan fingerprint density at radius 2 is 2.24 bits per heavy atom. The molecule has 1 aliphatic rings. The van der Waals surface area contributed by atoms with Crippen LogP contribution in [0, 0.1) is 5.92 Å². The van der Waals surface area contributed by atoms with Crippen LogP contribution in [0.3, 0.4) is 0 Å². The number of nitrogens with one attached hydrogen (secondary N) is 1. The molecule has 7 heteroatoms.